The lowest BCUT2D eigenvalue weighted by Crippen LogP contribution is -2.31. The number of carbonyl (C=O) groups excluding carboxylic acids is 1. The molecule has 0 heterocycles. The topological polar surface area (TPSA) is 89.3 Å². The van der Waals surface area contributed by atoms with Crippen LogP contribution in [-0.4, -0.2) is 20.4 Å². The van der Waals surface area contributed by atoms with Gasteiger partial charge in [-0.25, -0.2) is 17.9 Å². The zero-order chi connectivity index (χ0) is 13.2. The van der Waals surface area contributed by atoms with E-state index >= 15 is 0 Å². The molecular formula is C10H13FN2O3S. The minimum absolute atomic E-state index is 0.181. The van der Waals surface area contributed by atoms with Crippen LogP contribution >= 0.6 is 0 Å². The number of hydrogen-bond acceptors (Lipinski definition) is 3. The summed E-state index contributed by atoms with van der Waals surface area (Å²) < 4.78 is 35.5. The van der Waals surface area contributed by atoms with Gasteiger partial charge in [0, 0.05) is 6.04 Å². The molecule has 0 saturated heterocycles. The van der Waals surface area contributed by atoms with Gasteiger partial charge in [-0.15, -0.1) is 0 Å². The van der Waals surface area contributed by atoms with E-state index in [-0.39, 0.29) is 16.5 Å². The Bertz CT molecular complexity index is 540. The second kappa shape index (κ2) is 4.80. The van der Waals surface area contributed by atoms with Crippen LogP contribution in [0.15, 0.2) is 23.1 Å². The molecule has 0 atom stereocenters. The zero-order valence-corrected chi connectivity index (χ0v) is 10.2. The first-order valence-corrected chi connectivity index (χ1v) is 6.39. The molecule has 0 aromatic heterocycles. The number of carbonyl (C=O) groups is 1. The summed E-state index contributed by atoms with van der Waals surface area (Å²) in [6, 6.07) is 2.65. The van der Waals surface area contributed by atoms with Crippen molar-refractivity contribution in [1.29, 1.82) is 0 Å². The van der Waals surface area contributed by atoms with Crippen LogP contribution < -0.4 is 10.5 Å². The molecular weight excluding hydrogens is 247 g/mol. The highest BCUT2D eigenvalue weighted by Crippen LogP contribution is 2.14. The first-order chi connectivity index (χ1) is 7.71. The Morgan fingerprint density at radius 2 is 2.00 bits per heavy atom. The average Bonchev–Trinajstić information content (AvgIpc) is 2.15. The Balaban J connectivity index is 3.20. The van der Waals surface area contributed by atoms with Gasteiger partial charge in [-0.1, -0.05) is 0 Å². The van der Waals surface area contributed by atoms with E-state index in [0.29, 0.717) is 0 Å². The smallest absolute Gasteiger partial charge is 0.254 e. The molecule has 0 spiro atoms. The third kappa shape index (κ3) is 3.50. The predicted molar refractivity (Wildman–Crippen MR) is 60.4 cm³/mol. The standard InChI is InChI=1S/C10H13FN2O3S/c1-6(2)13-10(14)8-5-7(17(12,15)16)3-4-9(8)11/h3-6H,1-2H3,(H,13,14)(H2,12,15,16). The van der Waals surface area contributed by atoms with E-state index in [2.05, 4.69) is 5.32 Å². The van der Waals surface area contributed by atoms with E-state index in [1.807, 2.05) is 0 Å². The van der Waals surface area contributed by atoms with Crippen LogP contribution in [0.5, 0.6) is 0 Å². The number of sulfonamides is 1. The molecule has 0 bridgehead atoms. The maximum absolute atomic E-state index is 13.4. The van der Waals surface area contributed by atoms with Gasteiger partial charge < -0.3 is 5.32 Å². The summed E-state index contributed by atoms with van der Waals surface area (Å²) in [4.78, 5) is 11.3. The van der Waals surface area contributed by atoms with Gasteiger partial charge in [0.2, 0.25) is 10.0 Å². The van der Waals surface area contributed by atoms with E-state index in [1.165, 1.54) is 0 Å². The average molecular weight is 260 g/mol. The molecule has 1 amide bonds. The van der Waals surface area contributed by atoms with Crippen molar-refractivity contribution in [1.82, 2.24) is 5.32 Å². The van der Waals surface area contributed by atoms with Gasteiger partial charge in [-0.3, -0.25) is 4.79 Å². The van der Waals surface area contributed by atoms with Crippen molar-refractivity contribution in [2.24, 2.45) is 5.14 Å². The van der Waals surface area contributed by atoms with Crippen molar-refractivity contribution in [3.63, 3.8) is 0 Å². The minimum Gasteiger partial charge on any atom is -0.350 e. The Hall–Kier alpha value is -1.47. The number of benzene rings is 1. The summed E-state index contributed by atoms with van der Waals surface area (Å²) in [5.41, 5.74) is -0.342. The zero-order valence-electron chi connectivity index (χ0n) is 9.40. The van der Waals surface area contributed by atoms with Crippen LogP contribution in [0.25, 0.3) is 0 Å². The van der Waals surface area contributed by atoms with Crippen molar-refractivity contribution in [3.8, 4) is 0 Å². The number of hydrogen-bond donors (Lipinski definition) is 2. The van der Waals surface area contributed by atoms with Gasteiger partial charge >= 0.3 is 0 Å². The van der Waals surface area contributed by atoms with Crippen LogP contribution in [-0.2, 0) is 10.0 Å². The van der Waals surface area contributed by atoms with Crippen LogP contribution in [0, 0.1) is 5.82 Å². The summed E-state index contributed by atoms with van der Waals surface area (Å²) in [5.74, 6) is -1.47. The van der Waals surface area contributed by atoms with Gasteiger partial charge in [0.15, 0.2) is 0 Å². The fourth-order valence-electron chi connectivity index (χ4n) is 1.20. The maximum atomic E-state index is 13.4. The monoisotopic (exact) mass is 260 g/mol. The fraction of sp³-hybridized carbons (Fsp3) is 0.300. The number of nitrogens with two attached hydrogens (primary N) is 1. The van der Waals surface area contributed by atoms with Crippen molar-refractivity contribution in [3.05, 3.63) is 29.6 Å². The van der Waals surface area contributed by atoms with Crippen LogP contribution in [0.1, 0.15) is 24.2 Å². The Kier molecular flexibility index (Phi) is 3.84. The highest BCUT2D eigenvalue weighted by molar-refractivity contribution is 7.89. The number of primary sulfonamides is 1. The molecule has 0 saturated carbocycles. The third-order valence-electron chi connectivity index (χ3n) is 1.93. The van der Waals surface area contributed by atoms with Crippen LogP contribution in [0.3, 0.4) is 0 Å². The van der Waals surface area contributed by atoms with Crippen molar-refractivity contribution in [2.45, 2.75) is 24.8 Å². The van der Waals surface area contributed by atoms with E-state index < -0.39 is 21.7 Å². The first-order valence-electron chi connectivity index (χ1n) is 4.85. The largest absolute Gasteiger partial charge is 0.350 e. The number of amides is 1. The Morgan fingerprint density at radius 3 is 2.47 bits per heavy atom. The van der Waals surface area contributed by atoms with Gasteiger partial charge in [0.25, 0.3) is 5.91 Å². The van der Waals surface area contributed by atoms with E-state index in [9.17, 15) is 17.6 Å². The Morgan fingerprint density at radius 1 is 1.41 bits per heavy atom. The molecule has 1 rings (SSSR count). The lowest BCUT2D eigenvalue weighted by molar-refractivity contribution is 0.0939. The summed E-state index contributed by atoms with van der Waals surface area (Å²) in [7, 11) is -3.95. The molecule has 0 aliphatic rings. The fourth-order valence-corrected chi connectivity index (χ4v) is 1.74. The van der Waals surface area contributed by atoms with Crippen molar-refractivity contribution >= 4 is 15.9 Å². The van der Waals surface area contributed by atoms with Crippen LogP contribution in [0.4, 0.5) is 4.39 Å². The summed E-state index contributed by atoms with van der Waals surface area (Å²) in [5, 5.41) is 7.36. The third-order valence-corrected chi connectivity index (χ3v) is 2.84. The molecule has 3 N–H and O–H groups in total. The lowest BCUT2D eigenvalue weighted by atomic mass is 10.2. The summed E-state index contributed by atoms with van der Waals surface area (Å²) >= 11 is 0. The predicted octanol–water partition coefficient (Wildman–Crippen LogP) is 0.611. The number of nitrogens with one attached hydrogen (secondary N) is 1. The molecule has 0 aliphatic heterocycles. The van der Waals surface area contributed by atoms with E-state index in [4.69, 9.17) is 5.14 Å². The second-order valence-electron chi connectivity index (χ2n) is 3.81. The molecule has 0 radical (unpaired) electrons. The van der Waals surface area contributed by atoms with E-state index in [0.717, 1.165) is 18.2 Å². The SMILES string of the molecule is CC(C)NC(=O)c1cc(S(N)(=O)=O)ccc1F. The molecule has 17 heavy (non-hydrogen) atoms. The van der Waals surface area contributed by atoms with Gasteiger partial charge in [-0.2, -0.15) is 0 Å². The van der Waals surface area contributed by atoms with Crippen LogP contribution in [0.2, 0.25) is 0 Å². The van der Waals surface area contributed by atoms with Gasteiger partial charge in [0.05, 0.1) is 10.5 Å². The molecule has 1 aromatic rings. The molecule has 7 heteroatoms. The molecule has 0 aliphatic carbocycles. The minimum atomic E-state index is -3.95. The highest BCUT2D eigenvalue weighted by Gasteiger charge is 2.17. The van der Waals surface area contributed by atoms with Gasteiger partial charge in [-0.05, 0) is 32.0 Å². The second-order valence-corrected chi connectivity index (χ2v) is 5.38. The molecule has 94 valence electrons. The maximum Gasteiger partial charge on any atom is 0.254 e. The summed E-state index contributed by atoms with van der Waals surface area (Å²) in [6.45, 7) is 3.42. The van der Waals surface area contributed by atoms with Crippen molar-refractivity contribution < 1.29 is 17.6 Å². The van der Waals surface area contributed by atoms with E-state index in [1.54, 1.807) is 13.8 Å². The van der Waals surface area contributed by atoms with Crippen molar-refractivity contribution in [2.75, 3.05) is 0 Å². The molecule has 1 aromatic carbocycles. The highest BCUT2D eigenvalue weighted by atomic mass is 32.2. The lowest BCUT2D eigenvalue weighted by Gasteiger charge is -2.09. The normalized spacial score (nSPS) is 11.6. The molecule has 0 unspecified atom stereocenters. The Labute approximate surface area is 98.9 Å². The first kappa shape index (κ1) is 13.6. The van der Waals surface area contributed by atoms with Gasteiger partial charge in [0.1, 0.15) is 5.82 Å². The summed E-state index contributed by atoms with van der Waals surface area (Å²) in [6.07, 6.45) is 0. The molecule has 0 fully saturated rings. The number of halogens is 1. The number of rotatable bonds is 3. The molecule has 5 nitrogen and oxygen atoms in total. The quantitative estimate of drug-likeness (QED) is 0.834.